The number of para-hydroxylation sites is 1. The lowest BCUT2D eigenvalue weighted by atomic mass is 10.1. The molecule has 1 N–H and O–H groups in total. The van der Waals surface area contributed by atoms with Crippen LogP contribution in [0.25, 0.3) is 0 Å². The molecule has 0 radical (unpaired) electrons. The lowest BCUT2D eigenvalue weighted by Gasteiger charge is -2.21. The maximum atomic E-state index is 12.7. The van der Waals surface area contributed by atoms with E-state index in [1.54, 1.807) is 24.7 Å². The predicted molar refractivity (Wildman–Crippen MR) is 96.8 cm³/mol. The molecule has 4 rings (SSSR count). The first kappa shape index (κ1) is 15.3. The Morgan fingerprint density at radius 3 is 2.76 bits per heavy atom. The summed E-state index contributed by atoms with van der Waals surface area (Å²) >= 11 is 0. The Hall–Kier alpha value is -3.21. The van der Waals surface area contributed by atoms with Gasteiger partial charge in [-0.1, -0.05) is 18.2 Å². The molecular formula is C20H18N4O. The topological polar surface area (TPSA) is 58.1 Å². The average molecular weight is 330 g/mol. The summed E-state index contributed by atoms with van der Waals surface area (Å²) < 4.78 is 0. The highest BCUT2D eigenvalue weighted by Gasteiger charge is 2.24. The minimum absolute atomic E-state index is 0.121. The molecule has 0 aliphatic carbocycles. The van der Waals surface area contributed by atoms with Crippen molar-refractivity contribution in [3.63, 3.8) is 0 Å². The molecule has 25 heavy (non-hydrogen) atoms. The molecule has 0 bridgehead atoms. The second-order valence-electron chi connectivity index (χ2n) is 5.94. The Balaban J connectivity index is 1.58. The maximum absolute atomic E-state index is 12.7. The number of amides is 1. The van der Waals surface area contributed by atoms with Crippen molar-refractivity contribution >= 4 is 17.4 Å². The number of rotatable bonds is 4. The molecule has 3 aromatic rings. The number of benzene rings is 1. The summed E-state index contributed by atoms with van der Waals surface area (Å²) in [5.41, 5.74) is 4.02. The number of nitrogens with zero attached hydrogens (tertiary/aromatic N) is 3. The monoisotopic (exact) mass is 330 g/mol. The van der Waals surface area contributed by atoms with Gasteiger partial charge in [0.1, 0.15) is 5.82 Å². The van der Waals surface area contributed by atoms with Gasteiger partial charge in [-0.25, -0.2) is 4.98 Å². The Bertz CT molecular complexity index is 895. The number of carbonyl (C=O) groups is 1. The first-order chi connectivity index (χ1) is 12.3. The van der Waals surface area contributed by atoms with Crippen LogP contribution in [-0.2, 0) is 13.0 Å². The van der Waals surface area contributed by atoms with E-state index in [9.17, 15) is 4.79 Å². The molecule has 1 aromatic carbocycles. The van der Waals surface area contributed by atoms with Crippen LogP contribution in [0.4, 0.5) is 11.5 Å². The number of nitrogens with one attached hydrogen (secondary N) is 1. The molecule has 1 aliphatic rings. The summed E-state index contributed by atoms with van der Waals surface area (Å²) in [5.74, 6) is 0.587. The minimum Gasteiger partial charge on any atom is -0.348 e. The van der Waals surface area contributed by atoms with E-state index in [-0.39, 0.29) is 5.91 Å². The van der Waals surface area contributed by atoms with Gasteiger partial charge in [0.25, 0.3) is 5.91 Å². The molecule has 1 aliphatic heterocycles. The summed E-state index contributed by atoms with van der Waals surface area (Å²) in [6, 6.07) is 15.7. The summed E-state index contributed by atoms with van der Waals surface area (Å²) in [7, 11) is 0. The van der Waals surface area contributed by atoms with E-state index in [4.69, 9.17) is 0 Å². The van der Waals surface area contributed by atoms with Crippen LogP contribution in [0, 0.1) is 0 Å². The molecule has 0 spiro atoms. The fourth-order valence-corrected chi connectivity index (χ4v) is 3.13. The largest absolute Gasteiger partial charge is 0.348 e. The van der Waals surface area contributed by atoms with Gasteiger partial charge in [0.15, 0.2) is 0 Å². The van der Waals surface area contributed by atoms with Gasteiger partial charge in [0.05, 0.1) is 5.56 Å². The number of carbonyl (C=O) groups excluding carboxylic acids is 1. The number of hydrogen-bond acceptors (Lipinski definition) is 4. The summed E-state index contributed by atoms with van der Waals surface area (Å²) in [4.78, 5) is 23.3. The molecule has 5 heteroatoms. The van der Waals surface area contributed by atoms with Gasteiger partial charge < -0.3 is 10.2 Å². The second-order valence-corrected chi connectivity index (χ2v) is 5.94. The molecule has 3 heterocycles. The third-order valence-corrected chi connectivity index (χ3v) is 4.38. The number of hydrogen-bond donors (Lipinski definition) is 1. The lowest BCUT2D eigenvalue weighted by Crippen LogP contribution is -2.26. The van der Waals surface area contributed by atoms with Crippen molar-refractivity contribution in [1.82, 2.24) is 15.3 Å². The fourth-order valence-electron chi connectivity index (χ4n) is 3.13. The second kappa shape index (κ2) is 6.73. The SMILES string of the molecule is O=C(NCc1ccncc1)c1cccnc1N1CCc2ccccc21. The molecule has 124 valence electrons. The Morgan fingerprint density at radius 1 is 1.04 bits per heavy atom. The molecule has 0 saturated heterocycles. The van der Waals surface area contributed by atoms with Gasteiger partial charge >= 0.3 is 0 Å². The Morgan fingerprint density at radius 2 is 1.88 bits per heavy atom. The van der Waals surface area contributed by atoms with E-state index in [0.717, 1.165) is 24.2 Å². The van der Waals surface area contributed by atoms with Crippen molar-refractivity contribution in [1.29, 1.82) is 0 Å². The molecule has 5 nitrogen and oxygen atoms in total. The van der Waals surface area contributed by atoms with Crippen molar-refractivity contribution in [3.8, 4) is 0 Å². The zero-order valence-electron chi connectivity index (χ0n) is 13.7. The minimum atomic E-state index is -0.121. The van der Waals surface area contributed by atoms with Crippen LogP contribution in [0.2, 0.25) is 0 Å². The molecule has 1 amide bonds. The van der Waals surface area contributed by atoms with E-state index < -0.39 is 0 Å². The van der Waals surface area contributed by atoms with E-state index in [1.165, 1.54) is 5.56 Å². The van der Waals surface area contributed by atoms with Crippen LogP contribution in [0.15, 0.2) is 67.1 Å². The van der Waals surface area contributed by atoms with Gasteiger partial charge in [-0.2, -0.15) is 0 Å². The van der Waals surface area contributed by atoms with Gasteiger partial charge in [0, 0.05) is 37.4 Å². The quantitative estimate of drug-likeness (QED) is 0.798. The van der Waals surface area contributed by atoms with Crippen LogP contribution in [0.5, 0.6) is 0 Å². The highest BCUT2D eigenvalue weighted by Crippen LogP contribution is 2.34. The Kier molecular flexibility index (Phi) is 4.12. The fraction of sp³-hybridized carbons (Fsp3) is 0.150. The summed E-state index contributed by atoms with van der Waals surface area (Å²) in [5, 5.41) is 2.97. The summed E-state index contributed by atoms with van der Waals surface area (Å²) in [6.07, 6.45) is 6.14. The van der Waals surface area contributed by atoms with Crippen LogP contribution in [0.3, 0.4) is 0 Å². The van der Waals surface area contributed by atoms with E-state index in [1.807, 2.05) is 30.3 Å². The van der Waals surface area contributed by atoms with Crippen molar-refractivity contribution in [2.75, 3.05) is 11.4 Å². The third kappa shape index (κ3) is 3.08. The first-order valence-corrected chi connectivity index (χ1v) is 8.30. The first-order valence-electron chi connectivity index (χ1n) is 8.30. The smallest absolute Gasteiger partial charge is 0.255 e. The molecule has 0 atom stereocenters. The van der Waals surface area contributed by atoms with Crippen molar-refractivity contribution in [2.24, 2.45) is 0 Å². The highest BCUT2D eigenvalue weighted by molar-refractivity contribution is 5.99. The van der Waals surface area contributed by atoms with E-state index in [2.05, 4.69) is 32.3 Å². The molecule has 0 saturated carbocycles. The van der Waals surface area contributed by atoms with E-state index in [0.29, 0.717) is 17.9 Å². The molecule has 2 aromatic heterocycles. The van der Waals surface area contributed by atoms with Crippen molar-refractivity contribution in [3.05, 3.63) is 83.8 Å². The number of anilines is 2. The number of fused-ring (bicyclic) bond motifs is 1. The van der Waals surface area contributed by atoms with Crippen LogP contribution in [-0.4, -0.2) is 22.4 Å². The van der Waals surface area contributed by atoms with Gasteiger partial charge in [-0.05, 0) is 47.9 Å². The third-order valence-electron chi connectivity index (χ3n) is 4.38. The number of aromatic nitrogens is 2. The van der Waals surface area contributed by atoms with Crippen LogP contribution >= 0.6 is 0 Å². The predicted octanol–water partition coefficient (Wildman–Crippen LogP) is 3.10. The van der Waals surface area contributed by atoms with Crippen molar-refractivity contribution < 1.29 is 4.79 Å². The van der Waals surface area contributed by atoms with E-state index >= 15 is 0 Å². The summed E-state index contributed by atoms with van der Waals surface area (Å²) in [6.45, 7) is 1.30. The maximum Gasteiger partial charge on any atom is 0.255 e. The zero-order valence-corrected chi connectivity index (χ0v) is 13.7. The van der Waals surface area contributed by atoms with Gasteiger partial charge in [-0.3, -0.25) is 9.78 Å². The molecule has 0 unspecified atom stereocenters. The van der Waals surface area contributed by atoms with Crippen LogP contribution in [0.1, 0.15) is 21.5 Å². The standard InChI is InChI=1S/C20H18N4O/c25-20(23-14-15-7-11-21-12-8-15)17-5-3-10-22-19(17)24-13-9-16-4-1-2-6-18(16)24/h1-8,10-12H,9,13-14H2,(H,23,25). The average Bonchev–Trinajstić information content (AvgIpc) is 3.11. The highest BCUT2D eigenvalue weighted by atomic mass is 16.1. The van der Waals surface area contributed by atoms with Crippen molar-refractivity contribution in [2.45, 2.75) is 13.0 Å². The molecular weight excluding hydrogens is 312 g/mol. The van der Waals surface area contributed by atoms with Crippen LogP contribution < -0.4 is 10.2 Å². The van der Waals surface area contributed by atoms with Gasteiger partial charge in [0.2, 0.25) is 0 Å². The number of pyridine rings is 2. The van der Waals surface area contributed by atoms with Gasteiger partial charge in [-0.15, -0.1) is 0 Å². The Labute approximate surface area is 146 Å². The normalized spacial score (nSPS) is 12.7. The molecule has 0 fully saturated rings. The zero-order chi connectivity index (χ0) is 17.1. The lowest BCUT2D eigenvalue weighted by molar-refractivity contribution is 0.0951.